The summed E-state index contributed by atoms with van der Waals surface area (Å²) >= 11 is 1.34. The van der Waals surface area contributed by atoms with E-state index in [4.69, 9.17) is 4.74 Å². The molecule has 4 fully saturated rings. The highest BCUT2D eigenvalue weighted by Gasteiger charge is 2.51. The molecule has 0 aromatic heterocycles. The minimum Gasteiger partial charge on any atom is -0.452 e. The smallest absolute Gasteiger partial charge is 0.339 e. The number of amides is 2. The molecule has 6 nitrogen and oxygen atoms in total. The first-order valence-corrected chi connectivity index (χ1v) is 13.4. The number of nitrogens with one attached hydrogen (secondary N) is 2. The quantitative estimate of drug-likeness (QED) is 0.402. The lowest BCUT2D eigenvalue weighted by Gasteiger charge is -2.56. The summed E-state index contributed by atoms with van der Waals surface area (Å²) in [5, 5.41) is 6.14. The van der Waals surface area contributed by atoms with E-state index in [1.54, 1.807) is 18.2 Å². The summed E-state index contributed by atoms with van der Waals surface area (Å²) in [6.45, 7) is 1.52. The molecule has 6 rings (SSSR count). The molecule has 184 valence electrons. The zero-order chi connectivity index (χ0) is 24.4. The van der Waals surface area contributed by atoms with Crippen LogP contribution in [-0.2, 0) is 14.3 Å². The van der Waals surface area contributed by atoms with Gasteiger partial charge in [0.25, 0.3) is 5.91 Å². The maximum atomic E-state index is 12.9. The lowest BCUT2D eigenvalue weighted by molar-refractivity contribution is -0.124. The Kier molecular flexibility index (Phi) is 6.87. The van der Waals surface area contributed by atoms with E-state index in [1.165, 1.54) is 31.0 Å². The van der Waals surface area contributed by atoms with Crippen LogP contribution >= 0.6 is 11.8 Å². The number of hydrogen-bond acceptors (Lipinski definition) is 5. The molecule has 0 radical (unpaired) electrons. The van der Waals surface area contributed by atoms with E-state index in [0.29, 0.717) is 16.1 Å². The second-order valence-electron chi connectivity index (χ2n) is 10.5. The van der Waals surface area contributed by atoms with Gasteiger partial charge < -0.3 is 15.4 Å². The van der Waals surface area contributed by atoms with Gasteiger partial charge in [0.15, 0.2) is 6.61 Å². The second-order valence-corrected chi connectivity index (χ2v) is 11.5. The molecular weight excluding hydrogens is 460 g/mol. The molecular formula is C28H32N2O4S. The van der Waals surface area contributed by atoms with Gasteiger partial charge >= 0.3 is 5.97 Å². The summed E-state index contributed by atoms with van der Waals surface area (Å²) < 4.78 is 5.28. The lowest BCUT2D eigenvalue weighted by Crippen LogP contribution is -2.60. The molecule has 35 heavy (non-hydrogen) atoms. The normalized spacial score (nSPS) is 26.3. The van der Waals surface area contributed by atoms with Crippen molar-refractivity contribution in [1.29, 1.82) is 0 Å². The number of rotatable bonds is 8. The molecule has 2 aromatic rings. The topological polar surface area (TPSA) is 84.5 Å². The summed E-state index contributed by atoms with van der Waals surface area (Å²) in [5.74, 6) is 1.62. The van der Waals surface area contributed by atoms with Gasteiger partial charge in [-0.3, -0.25) is 9.59 Å². The van der Waals surface area contributed by atoms with Gasteiger partial charge in [-0.2, -0.15) is 0 Å². The highest BCUT2D eigenvalue weighted by molar-refractivity contribution is 8.00. The highest BCUT2D eigenvalue weighted by atomic mass is 32.2. The number of hydrogen-bond donors (Lipinski definition) is 2. The van der Waals surface area contributed by atoms with Crippen LogP contribution in [0.4, 0.5) is 5.69 Å². The number of carbonyl (C=O) groups is 3. The average molecular weight is 493 g/mol. The lowest BCUT2D eigenvalue weighted by atomic mass is 9.53. The van der Waals surface area contributed by atoms with E-state index in [2.05, 4.69) is 10.6 Å². The largest absolute Gasteiger partial charge is 0.452 e. The third-order valence-corrected chi connectivity index (χ3v) is 8.74. The molecule has 4 saturated carbocycles. The van der Waals surface area contributed by atoms with Crippen LogP contribution in [0.2, 0.25) is 0 Å². The number of carbonyl (C=O) groups excluding carboxylic acids is 3. The molecule has 0 aliphatic heterocycles. The van der Waals surface area contributed by atoms with Crippen molar-refractivity contribution in [2.24, 2.45) is 17.8 Å². The highest BCUT2D eigenvalue weighted by Crippen LogP contribution is 2.55. The number of thioether (sulfide) groups is 1. The number of benzene rings is 2. The van der Waals surface area contributed by atoms with Crippen LogP contribution in [-0.4, -0.2) is 35.7 Å². The Morgan fingerprint density at radius 2 is 1.54 bits per heavy atom. The van der Waals surface area contributed by atoms with Crippen molar-refractivity contribution in [3.05, 3.63) is 59.7 Å². The van der Waals surface area contributed by atoms with Crippen molar-refractivity contribution in [2.75, 3.05) is 17.7 Å². The van der Waals surface area contributed by atoms with Crippen LogP contribution in [0.5, 0.6) is 0 Å². The van der Waals surface area contributed by atoms with Crippen LogP contribution < -0.4 is 10.6 Å². The van der Waals surface area contributed by atoms with E-state index < -0.39 is 11.9 Å². The molecule has 0 spiro atoms. The number of anilines is 1. The number of ether oxygens (including phenoxy) is 1. The standard InChI is InChI=1S/C28H32N2O4S/c1-18-6-2-4-8-23(18)29-25(31)16-34-27(33)22-7-3-5-9-24(22)35-17-26(32)30-28-13-19-10-20(14-28)12-21(11-19)15-28/h2-9,19-21H,10-17H2,1H3,(H,29,31)(H,30,32). The van der Waals surface area contributed by atoms with E-state index in [0.717, 1.165) is 42.6 Å². The third kappa shape index (κ3) is 5.56. The van der Waals surface area contributed by atoms with Crippen molar-refractivity contribution >= 4 is 35.2 Å². The minimum absolute atomic E-state index is 0.0185. The van der Waals surface area contributed by atoms with Crippen molar-refractivity contribution < 1.29 is 19.1 Å². The van der Waals surface area contributed by atoms with Crippen LogP contribution in [0.25, 0.3) is 0 Å². The summed E-state index contributed by atoms with van der Waals surface area (Å²) in [5.41, 5.74) is 1.97. The van der Waals surface area contributed by atoms with Gasteiger partial charge in [0.1, 0.15) is 0 Å². The second kappa shape index (κ2) is 10.1. The Bertz CT molecular complexity index is 1100. The van der Waals surface area contributed by atoms with Gasteiger partial charge in [0.05, 0.1) is 11.3 Å². The summed E-state index contributed by atoms with van der Waals surface area (Å²) in [6.07, 6.45) is 7.35. The number of esters is 1. The molecule has 0 saturated heterocycles. The fraction of sp³-hybridized carbons (Fsp3) is 0.464. The molecule has 4 aliphatic carbocycles. The Morgan fingerprint density at radius 3 is 2.23 bits per heavy atom. The Morgan fingerprint density at radius 1 is 0.914 bits per heavy atom. The van der Waals surface area contributed by atoms with Gasteiger partial charge in [0, 0.05) is 16.1 Å². The summed E-state index contributed by atoms with van der Waals surface area (Å²) in [7, 11) is 0. The van der Waals surface area contributed by atoms with E-state index in [9.17, 15) is 14.4 Å². The number of para-hydroxylation sites is 1. The molecule has 0 unspecified atom stereocenters. The SMILES string of the molecule is Cc1ccccc1NC(=O)COC(=O)c1ccccc1SCC(=O)NC12CC3CC(CC(C3)C1)C2. The zero-order valence-corrected chi connectivity index (χ0v) is 20.9. The van der Waals surface area contributed by atoms with Crippen LogP contribution in [0.3, 0.4) is 0 Å². The van der Waals surface area contributed by atoms with Crippen LogP contribution in [0.15, 0.2) is 53.4 Å². The maximum absolute atomic E-state index is 12.9. The zero-order valence-electron chi connectivity index (χ0n) is 20.0. The van der Waals surface area contributed by atoms with Gasteiger partial charge in [-0.15, -0.1) is 11.8 Å². The minimum atomic E-state index is -0.575. The monoisotopic (exact) mass is 492 g/mol. The first-order valence-electron chi connectivity index (χ1n) is 12.4. The molecule has 2 aromatic carbocycles. The van der Waals surface area contributed by atoms with Crippen LogP contribution in [0.1, 0.15) is 54.4 Å². The number of aryl methyl sites for hydroxylation is 1. The van der Waals surface area contributed by atoms with Crippen molar-refractivity contribution in [3.8, 4) is 0 Å². The molecule has 0 heterocycles. The van der Waals surface area contributed by atoms with E-state index >= 15 is 0 Å². The summed E-state index contributed by atoms with van der Waals surface area (Å²) in [4.78, 5) is 38.5. The molecule has 0 atom stereocenters. The van der Waals surface area contributed by atoms with Crippen molar-refractivity contribution in [1.82, 2.24) is 5.32 Å². The molecule has 2 amide bonds. The first kappa shape index (κ1) is 23.9. The molecule has 2 N–H and O–H groups in total. The first-order chi connectivity index (χ1) is 16.9. The Labute approximate surface area is 210 Å². The van der Waals surface area contributed by atoms with Crippen LogP contribution in [0, 0.1) is 24.7 Å². The van der Waals surface area contributed by atoms with Crippen molar-refractivity contribution in [3.63, 3.8) is 0 Å². The molecule has 4 bridgehead atoms. The summed E-state index contributed by atoms with van der Waals surface area (Å²) in [6, 6.07) is 14.5. The molecule has 4 aliphatic rings. The third-order valence-electron chi connectivity index (χ3n) is 7.66. The average Bonchev–Trinajstić information content (AvgIpc) is 2.82. The Balaban J connectivity index is 1.14. The van der Waals surface area contributed by atoms with Gasteiger partial charge in [-0.1, -0.05) is 30.3 Å². The Hall–Kier alpha value is -2.80. The fourth-order valence-corrected chi connectivity index (χ4v) is 7.45. The van der Waals surface area contributed by atoms with Gasteiger partial charge in [-0.05, 0) is 87.0 Å². The van der Waals surface area contributed by atoms with E-state index in [1.807, 2.05) is 37.3 Å². The van der Waals surface area contributed by atoms with E-state index in [-0.39, 0.29) is 23.8 Å². The maximum Gasteiger partial charge on any atom is 0.339 e. The molecule has 7 heteroatoms. The predicted molar refractivity (Wildman–Crippen MR) is 136 cm³/mol. The van der Waals surface area contributed by atoms with Gasteiger partial charge in [-0.25, -0.2) is 4.79 Å². The fourth-order valence-electron chi connectivity index (χ4n) is 6.61. The van der Waals surface area contributed by atoms with Crippen molar-refractivity contribution in [2.45, 2.75) is 55.9 Å². The van der Waals surface area contributed by atoms with Gasteiger partial charge in [0.2, 0.25) is 5.91 Å². The predicted octanol–water partition coefficient (Wildman–Crippen LogP) is 4.97.